The highest BCUT2D eigenvalue weighted by Crippen LogP contribution is 2.38. The normalized spacial score (nSPS) is 11.2. The molecule has 4 nitrogen and oxygen atoms in total. The molecule has 1 aromatic carbocycles. The minimum Gasteiger partial charge on any atom is -0.481 e. The number of hydrogen-bond donors (Lipinski definition) is 1. The lowest BCUT2D eigenvalue weighted by Crippen LogP contribution is -2.28. The van der Waals surface area contributed by atoms with Gasteiger partial charge in [0.2, 0.25) is 0 Å². The van der Waals surface area contributed by atoms with Crippen LogP contribution in [0, 0.1) is 0 Å². The van der Waals surface area contributed by atoms with Crippen LogP contribution in [-0.4, -0.2) is 41.0 Å². The van der Waals surface area contributed by atoms with Crippen molar-refractivity contribution in [3.05, 3.63) is 29.8 Å². The van der Waals surface area contributed by atoms with Crippen LogP contribution in [0.4, 0.5) is 13.2 Å². The van der Waals surface area contributed by atoms with Gasteiger partial charge in [0.25, 0.3) is 5.91 Å². The molecule has 0 aromatic heterocycles. The Bertz CT molecular complexity index is 520. The lowest BCUT2D eigenvalue weighted by Gasteiger charge is -2.18. The highest BCUT2D eigenvalue weighted by molar-refractivity contribution is 8.00. The molecular weight excluding hydrogens is 307 g/mol. The van der Waals surface area contributed by atoms with Crippen molar-refractivity contribution in [2.75, 3.05) is 13.6 Å². The largest absolute Gasteiger partial charge is 0.481 e. The smallest absolute Gasteiger partial charge is 0.446 e. The number of rotatable bonds is 6. The number of thioether (sulfide) groups is 1. The molecule has 8 heteroatoms. The number of hydrogen-bond acceptors (Lipinski definition) is 3. The van der Waals surface area contributed by atoms with Crippen LogP contribution in [0.1, 0.15) is 23.2 Å². The predicted octanol–water partition coefficient (Wildman–Crippen LogP) is 3.24. The van der Waals surface area contributed by atoms with Crippen molar-refractivity contribution in [1.29, 1.82) is 0 Å². The fraction of sp³-hybridized carbons (Fsp3) is 0.385. The minimum absolute atomic E-state index is 0.0438. The molecule has 0 atom stereocenters. The molecule has 0 spiro atoms. The highest BCUT2D eigenvalue weighted by atomic mass is 32.2. The van der Waals surface area contributed by atoms with E-state index in [1.54, 1.807) is 0 Å². The Morgan fingerprint density at radius 3 is 2.48 bits per heavy atom. The molecule has 0 radical (unpaired) electrons. The molecule has 1 N–H and O–H groups in total. The first-order chi connectivity index (χ1) is 9.70. The van der Waals surface area contributed by atoms with Crippen molar-refractivity contribution >= 4 is 23.6 Å². The quantitative estimate of drug-likeness (QED) is 0.817. The molecule has 0 saturated carbocycles. The third-order valence-electron chi connectivity index (χ3n) is 2.57. The molecule has 0 unspecified atom stereocenters. The van der Waals surface area contributed by atoms with E-state index < -0.39 is 17.4 Å². The SMILES string of the molecule is CN(CCCC(=O)O)C(=O)c1ccccc1SC(F)(F)F. The fourth-order valence-electron chi connectivity index (χ4n) is 1.63. The van der Waals surface area contributed by atoms with Gasteiger partial charge in [0.15, 0.2) is 0 Å². The van der Waals surface area contributed by atoms with Gasteiger partial charge in [-0.1, -0.05) is 12.1 Å². The number of halogens is 3. The number of carboxylic acids is 1. The molecule has 0 fully saturated rings. The maximum absolute atomic E-state index is 12.5. The maximum atomic E-state index is 12.5. The number of carbonyl (C=O) groups excluding carboxylic acids is 1. The van der Waals surface area contributed by atoms with Crippen molar-refractivity contribution in [1.82, 2.24) is 4.90 Å². The molecular formula is C13H14F3NO3S. The molecule has 0 bridgehead atoms. The Kier molecular flexibility index (Phi) is 6.07. The number of alkyl halides is 3. The van der Waals surface area contributed by atoms with E-state index in [1.807, 2.05) is 0 Å². The van der Waals surface area contributed by atoms with Crippen LogP contribution in [0.15, 0.2) is 29.2 Å². The van der Waals surface area contributed by atoms with Gasteiger partial charge >= 0.3 is 11.5 Å². The summed E-state index contributed by atoms with van der Waals surface area (Å²) in [5, 5.41) is 8.52. The van der Waals surface area contributed by atoms with Crippen LogP contribution in [0.2, 0.25) is 0 Å². The molecule has 1 amide bonds. The Morgan fingerprint density at radius 1 is 1.29 bits per heavy atom. The van der Waals surface area contributed by atoms with Gasteiger partial charge in [-0.2, -0.15) is 13.2 Å². The van der Waals surface area contributed by atoms with Gasteiger partial charge < -0.3 is 10.0 Å². The van der Waals surface area contributed by atoms with Crippen LogP contribution in [0.25, 0.3) is 0 Å². The van der Waals surface area contributed by atoms with E-state index in [0.29, 0.717) is 0 Å². The fourth-order valence-corrected chi connectivity index (χ4v) is 2.29. The molecule has 0 heterocycles. The number of nitrogens with zero attached hydrogens (tertiary/aromatic N) is 1. The third-order valence-corrected chi connectivity index (χ3v) is 3.38. The van der Waals surface area contributed by atoms with Crippen molar-refractivity contribution in [2.45, 2.75) is 23.2 Å². The van der Waals surface area contributed by atoms with Crippen LogP contribution in [0.3, 0.4) is 0 Å². The minimum atomic E-state index is -4.47. The van der Waals surface area contributed by atoms with E-state index in [2.05, 4.69) is 0 Å². The number of carbonyl (C=O) groups is 2. The Balaban J connectivity index is 2.79. The molecule has 0 aliphatic carbocycles. The number of benzene rings is 1. The number of aliphatic carboxylic acids is 1. The lowest BCUT2D eigenvalue weighted by molar-refractivity contribution is -0.137. The van der Waals surface area contributed by atoms with Gasteiger partial charge in [0.1, 0.15) is 0 Å². The van der Waals surface area contributed by atoms with Gasteiger partial charge in [-0.05, 0) is 30.3 Å². The maximum Gasteiger partial charge on any atom is 0.446 e. The summed E-state index contributed by atoms with van der Waals surface area (Å²) in [7, 11) is 1.43. The summed E-state index contributed by atoms with van der Waals surface area (Å²) in [6, 6.07) is 5.47. The molecule has 0 saturated heterocycles. The Labute approximate surface area is 123 Å². The average Bonchev–Trinajstić information content (AvgIpc) is 2.36. The topological polar surface area (TPSA) is 57.6 Å². The van der Waals surface area contributed by atoms with Crippen LogP contribution in [0.5, 0.6) is 0 Å². The van der Waals surface area contributed by atoms with E-state index in [9.17, 15) is 22.8 Å². The molecule has 0 aliphatic heterocycles. The summed E-state index contributed by atoms with van der Waals surface area (Å²) in [6.45, 7) is 0.163. The van der Waals surface area contributed by atoms with Gasteiger partial charge in [-0.3, -0.25) is 9.59 Å². The summed E-state index contributed by atoms with van der Waals surface area (Å²) in [5.74, 6) is -1.54. The Hall–Kier alpha value is -1.70. The first-order valence-corrected chi connectivity index (χ1v) is 6.84. The van der Waals surface area contributed by atoms with Crippen LogP contribution >= 0.6 is 11.8 Å². The van der Waals surface area contributed by atoms with Gasteiger partial charge in [-0.15, -0.1) is 0 Å². The molecule has 1 aromatic rings. The summed E-state index contributed by atoms with van der Waals surface area (Å²) in [5.41, 5.74) is -4.52. The van der Waals surface area contributed by atoms with Gasteiger partial charge in [0, 0.05) is 24.9 Å². The predicted molar refractivity (Wildman–Crippen MR) is 72.2 cm³/mol. The van der Waals surface area contributed by atoms with Gasteiger partial charge in [-0.25, -0.2) is 0 Å². The second kappa shape index (κ2) is 7.35. The number of amides is 1. The van der Waals surface area contributed by atoms with Crippen LogP contribution < -0.4 is 0 Å². The van der Waals surface area contributed by atoms with E-state index >= 15 is 0 Å². The summed E-state index contributed by atoms with van der Waals surface area (Å²) >= 11 is -0.340. The van der Waals surface area contributed by atoms with E-state index in [4.69, 9.17) is 5.11 Å². The van der Waals surface area contributed by atoms with Crippen molar-refractivity contribution in [3.8, 4) is 0 Å². The zero-order valence-electron chi connectivity index (χ0n) is 11.2. The third kappa shape index (κ3) is 6.07. The monoisotopic (exact) mass is 321 g/mol. The standard InChI is InChI=1S/C13H14F3NO3S/c1-17(8-4-7-11(18)19)12(20)9-5-2-3-6-10(9)21-13(14,15)16/h2-3,5-6H,4,7-8H2,1H3,(H,18,19). The zero-order valence-corrected chi connectivity index (χ0v) is 12.0. The summed E-state index contributed by atoms with van der Waals surface area (Å²) < 4.78 is 37.4. The van der Waals surface area contributed by atoms with E-state index in [0.717, 1.165) is 0 Å². The second-order valence-corrected chi connectivity index (χ2v) is 5.37. The zero-order chi connectivity index (χ0) is 16.0. The Morgan fingerprint density at radius 2 is 1.90 bits per heavy atom. The first kappa shape index (κ1) is 17.4. The summed E-state index contributed by atoms with van der Waals surface area (Å²) in [4.78, 5) is 23.6. The summed E-state index contributed by atoms with van der Waals surface area (Å²) in [6.07, 6.45) is 0.142. The molecule has 116 valence electrons. The lowest BCUT2D eigenvalue weighted by atomic mass is 10.2. The van der Waals surface area contributed by atoms with E-state index in [-0.39, 0.29) is 41.6 Å². The highest BCUT2D eigenvalue weighted by Gasteiger charge is 2.31. The molecule has 21 heavy (non-hydrogen) atoms. The average molecular weight is 321 g/mol. The van der Waals surface area contributed by atoms with Crippen molar-refractivity contribution < 1.29 is 27.9 Å². The second-order valence-electron chi connectivity index (χ2n) is 4.27. The molecule has 0 aliphatic rings. The van der Waals surface area contributed by atoms with Crippen molar-refractivity contribution in [3.63, 3.8) is 0 Å². The van der Waals surface area contributed by atoms with Gasteiger partial charge in [0.05, 0.1) is 5.56 Å². The van der Waals surface area contributed by atoms with Crippen LogP contribution in [-0.2, 0) is 4.79 Å². The first-order valence-electron chi connectivity index (χ1n) is 6.03. The molecule has 1 rings (SSSR count). The van der Waals surface area contributed by atoms with E-state index in [1.165, 1.54) is 36.2 Å². The number of carboxylic acid groups (broad SMARTS) is 1. The van der Waals surface area contributed by atoms with Crippen molar-refractivity contribution in [2.24, 2.45) is 0 Å².